The fraction of sp³-hybridized carbons (Fsp3) is 0.318. The van der Waals surface area contributed by atoms with Gasteiger partial charge in [-0.3, -0.25) is 9.55 Å². The van der Waals surface area contributed by atoms with Gasteiger partial charge in [-0.25, -0.2) is 19.1 Å². The number of aliphatic hydroxyl groups excluding tert-OH is 2. The number of benzene rings is 2. The number of hydrogen-bond acceptors (Lipinski definition) is 6. The van der Waals surface area contributed by atoms with Crippen LogP contribution in [0.25, 0.3) is 0 Å². The molecule has 3 N–H and O–H groups in total. The van der Waals surface area contributed by atoms with E-state index in [9.17, 15) is 19.8 Å². The Kier molecular flexibility index (Phi) is 8.51. The molecule has 0 unspecified atom stereocenters. The molecule has 11 heteroatoms. The minimum atomic E-state index is -0.713. The number of nitrogens with one attached hydrogen (secondary N) is 1. The maximum atomic E-state index is 13.3. The standard InChI is InChI=1S/C22H24Cl2N4O5/c1-2-33-19-8-7-17(9-18(19)24)25-20-26-21(31)28(11-15(12-29)13-30)22(32)27(20)10-14-3-5-16(23)6-4-14/h3-9,15,29-30H,2,10-13H2,1H3,(H,25,26,31). The molecule has 0 bridgehead atoms. The minimum absolute atomic E-state index is 0.0148. The molecule has 0 spiro atoms. The molecule has 3 aromatic rings. The van der Waals surface area contributed by atoms with Crippen molar-refractivity contribution in [1.29, 1.82) is 0 Å². The number of hydrogen-bond donors (Lipinski definition) is 3. The number of halogens is 2. The summed E-state index contributed by atoms with van der Waals surface area (Å²) in [5, 5.41) is 19.7. The van der Waals surface area contributed by atoms with E-state index in [1.165, 1.54) is 4.57 Å². The van der Waals surface area contributed by atoms with Gasteiger partial charge in [-0.05, 0) is 42.8 Å². The normalized spacial score (nSPS) is 11.9. The number of aliphatic hydroxyl groups is 2. The van der Waals surface area contributed by atoms with Crippen LogP contribution < -0.4 is 21.7 Å². The van der Waals surface area contributed by atoms with E-state index in [4.69, 9.17) is 27.9 Å². The highest BCUT2D eigenvalue weighted by molar-refractivity contribution is 6.32. The minimum Gasteiger partial charge on any atom is -0.492 e. The Morgan fingerprint density at radius 1 is 1.06 bits per heavy atom. The Bertz CT molecular complexity index is 1280. The fourth-order valence-corrected chi connectivity index (χ4v) is 3.46. The lowest BCUT2D eigenvalue weighted by Crippen LogP contribution is -2.51. The summed E-state index contributed by atoms with van der Waals surface area (Å²) in [4.78, 5) is 33.0. The quantitative estimate of drug-likeness (QED) is 0.419. The van der Waals surface area contributed by atoms with Crippen molar-refractivity contribution in [3.8, 4) is 5.75 Å². The summed E-state index contributed by atoms with van der Waals surface area (Å²) >= 11 is 12.2. The highest BCUT2D eigenvalue weighted by atomic mass is 35.5. The van der Waals surface area contributed by atoms with E-state index in [0.717, 1.165) is 10.1 Å². The molecule has 0 atom stereocenters. The zero-order chi connectivity index (χ0) is 24.0. The second-order valence-corrected chi connectivity index (χ2v) is 8.09. The average molecular weight is 495 g/mol. The number of H-pyrrole nitrogens is 1. The van der Waals surface area contributed by atoms with Gasteiger partial charge in [-0.15, -0.1) is 0 Å². The van der Waals surface area contributed by atoms with Crippen molar-refractivity contribution in [3.63, 3.8) is 0 Å². The Balaban J connectivity index is 2.16. The zero-order valence-corrected chi connectivity index (χ0v) is 19.4. The van der Waals surface area contributed by atoms with Crippen molar-refractivity contribution in [2.24, 2.45) is 10.9 Å². The van der Waals surface area contributed by atoms with Gasteiger partial charge >= 0.3 is 11.4 Å². The summed E-state index contributed by atoms with van der Waals surface area (Å²) in [6, 6.07) is 11.8. The topological polar surface area (TPSA) is 122 Å². The zero-order valence-electron chi connectivity index (χ0n) is 17.9. The first-order valence-electron chi connectivity index (χ1n) is 10.2. The van der Waals surface area contributed by atoms with Crippen molar-refractivity contribution in [3.05, 3.63) is 84.7 Å². The molecule has 1 heterocycles. The second-order valence-electron chi connectivity index (χ2n) is 7.25. The van der Waals surface area contributed by atoms with Crippen molar-refractivity contribution >= 4 is 28.9 Å². The van der Waals surface area contributed by atoms with Crippen molar-refractivity contribution in [2.45, 2.75) is 20.0 Å². The van der Waals surface area contributed by atoms with Crippen LogP contribution in [0, 0.1) is 5.92 Å². The SMILES string of the molecule is CCOc1ccc(/N=c2\[nH]c(=O)n(CC(CO)CO)c(=O)n2Cc2ccc(Cl)cc2)cc1Cl. The molecule has 1 aromatic heterocycles. The third-order valence-corrected chi connectivity index (χ3v) is 5.39. The monoisotopic (exact) mass is 494 g/mol. The first-order chi connectivity index (χ1) is 15.9. The van der Waals surface area contributed by atoms with E-state index < -0.39 is 17.3 Å². The molecule has 33 heavy (non-hydrogen) atoms. The maximum Gasteiger partial charge on any atom is 0.335 e. The van der Waals surface area contributed by atoms with Gasteiger partial charge in [0.2, 0.25) is 5.62 Å². The van der Waals surface area contributed by atoms with E-state index in [0.29, 0.717) is 28.1 Å². The Morgan fingerprint density at radius 3 is 2.36 bits per heavy atom. The lowest BCUT2D eigenvalue weighted by molar-refractivity contribution is 0.134. The van der Waals surface area contributed by atoms with Crippen LogP contribution in [0.2, 0.25) is 10.0 Å². The molecular formula is C22H24Cl2N4O5. The molecule has 0 saturated heterocycles. The van der Waals surface area contributed by atoms with Gasteiger partial charge in [0.05, 0.1) is 23.9 Å². The molecule has 0 saturated carbocycles. The molecule has 9 nitrogen and oxygen atoms in total. The summed E-state index contributed by atoms with van der Waals surface area (Å²) in [7, 11) is 0. The molecule has 0 aliphatic carbocycles. The van der Waals surface area contributed by atoms with E-state index in [1.54, 1.807) is 42.5 Å². The summed E-state index contributed by atoms with van der Waals surface area (Å²) in [6.07, 6.45) is 0. The fourth-order valence-electron chi connectivity index (χ4n) is 3.10. The van der Waals surface area contributed by atoms with Gasteiger partial charge in [0.25, 0.3) is 0 Å². The van der Waals surface area contributed by atoms with Crippen molar-refractivity contribution in [2.75, 3.05) is 19.8 Å². The highest BCUT2D eigenvalue weighted by Gasteiger charge is 2.15. The molecule has 0 fully saturated rings. The molecule has 0 aliphatic rings. The Morgan fingerprint density at radius 2 is 1.76 bits per heavy atom. The van der Waals surface area contributed by atoms with Crippen LogP contribution in [0.3, 0.4) is 0 Å². The summed E-state index contributed by atoms with van der Waals surface area (Å²) in [6.45, 7) is 1.47. The maximum absolute atomic E-state index is 13.3. The van der Waals surface area contributed by atoms with Gasteiger partial charge in [0.1, 0.15) is 5.75 Å². The number of rotatable bonds is 9. The molecule has 2 aromatic carbocycles. The summed E-state index contributed by atoms with van der Waals surface area (Å²) < 4.78 is 7.65. The molecule has 0 radical (unpaired) electrons. The first-order valence-corrected chi connectivity index (χ1v) is 11.0. The van der Waals surface area contributed by atoms with Crippen LogP contribution >= 0.6 is 23.2 Å². The van der Waals surface area contributed by atoms with E-state index >= 15 is 0 Å². The van der Waals surface area contributed by atoms with Crippen LogP contribution in [0.5, 0.6) is 5.75 Å². The Hall–Kier alpha value is -2.85. The predicted molar refractivity (Wildman–Crippen MR) is 125 cm³/mol. The van der Waals surface area contributed by atoms with Crippen molar-refractivity contribution < 1.29 is 14.9 Å². The predicted octanol–water partition coefficient (Wildman–Crippen LogP) is 1.93. The van der Waals surface area contributed by atoms with Gasteiger partial charge in [0.15, 0.2) is 0 Å². The van der Waals surface area contributed by atoms with Gasteiger partial charge in [0, 0.05) is 30.7 Å². The average Bonchev–Trinajstić information content (AvgIpc) is 2.80. The Labute approximate surface area is 199 Å². The number of aromatic amines is 1. The number of nitrogens with zero attached hydrogens (tertiary/aromatic N) is 3. The third-order valence-electron chi connectivity index (χ3n) is 4.84. The van der Waals surface area contributed by atoms with Gasteiger partial charge in [-0.1, -0.05) is 35.3 Å². The summed E-state index contributed by atoms with van der Waals surface area (Å²) in [5.74, 6) is -0.171. The van der Waals surface area contributed by atoms with Crippen LogP contribution in [0.4, 0.5) is 5.69 Å². The molecular weight excluding hydrogens is 471 g/mol. The largest absolute Gasteiger partial charge is 0.492 e. The highest BCUT2D eigenvalue weighted by Crippen LogP contribution is 2.28. The molecule has 176 valence electrons. The smallest absolute Gasteiger partial charge is 0.335 e. The van der Waals surface area contributed by atoms with E-state index in [-0.39, 0.29) is 31.9 Å². The molecule has 0 amide bonds. The second kappa shape index (κ2) is 11.3. The van der Waals surface area contributed by atoms with Gasteiger partial charge < -0.3 is 14.9 Å². The van der Waals surface area contributed by atoms with Crippen LogP contribution in [-0.4, -0.2) is 44.2 Å². The first kappa shape index (κ1) is 24.8. The lowest BCUT2D eigenvalue weighted by Gasteiger charge is -2.15. The lowest BCUT2D eigenvalue weighted by atomic mass is 10.2. The summed E-state index contributed by atoms with van der Waals surface area (Å²) in [5.41, 5.74) is -0.181. The van der Waals surface area contributed by atoms with E-state index in [1.807, 2.05) is 6.92 Å². The van der Waals surface area contributed by atoms with Crippen LogP contribution in [0.15, 0.2) is 57.0 Å². The molecule has 3 rings (SSSR count). The van der Waals surface area contributed by atoms with Crippen LogP contribution in [0.1, 0.15) is 12.5 Å². The van der Waals surface area contributed by atoms with Crippen molar-refractivity contribution in [1.82, 2.24) is 14.1 Å². The number of ether oxygens (including phenoxy) is 1. The molecule has 0 aliphatic heterocycles. The third kappa shape index (κ3) is 6.14. The van der Waals surface area contributed by atoms with Crippen LogP contribution in [-0.2, 0) is 13.1 Å². The van der Waals surface area contributed by atoms with Gasteiger partial charge in [-0.2, -0.15) is 0 Å². The van der Waals surface area contributed by atoms with E-state index in [2.05, 4.69) is 9.98 Å². The number of aromatic nitrogens is 3.